The SMILES string of the molecule is NC(=O)C1CCN(Cc2csc3c(Cl)nccc23)C1=O. The largest absolute Gasteiger partial charge is 0.369 e. The zero-order valence-electron chi connectivity index (χ0n) is 10.5. The van der Waals surface area contributed by atoms with Crippen LogP contribution >= 0.6 is 22.9 Å². The Hall–Kier alpha value is -1.66. The van der Waals surface area contributed by atoms with Gasteiger partial charge in [0.25, 0.3) is 0 Å². The van der Waals surface area contributed by atoms with Crippen LogP contribution in [0.15, 0.2) is 17.6 Å². The molecule has 1 unspecified atom stereocenters. The van der Waals surface area contributed by atoms with E-state index in [1.165, 1.54) is 11.3 Å². The van der Waals surface area contributed by atoms with E-state index in [0.717, 1.165) is 15.6 Å². The summed E-state index contributed by atoms with van der Waals surface area (Å²) in [4.78, 5) is 28.9. The average Bonchev–Trinajstić information content (AvgIpc) is 2.97. The fourth-order valence-corrected chi connectivity index (χ4v) is 3.70. The molecule has 2 aromatic rings. The Kier molecular flexibility index (Phi) is 3.35. The van der Waals surface area contributed by atoms with Gasteiger partial charge in [-0.2, -0.15) is 0 Å². The molecule has 0 aromatic carbocycles. The smallest absolute Gasteiger partial charge is 0.235 e. The molecule has 2 N–H and O–H groups in total. The van der Waals surface area contributed by atoms with Crippen LogP contribution in [0.5, 0.6) is 0 Å². The Morgan fingerprint density at radius 3 is 3.10 bits per heavy atom. The van der Waals surface area contributed by atoms with Crippen LogP contribution in [0.1, 0.15) is 12.0 Å². The van der Waals surface area contributed by atoms with Crippen molar-refractivity contribution in [2.24, 2.45) is 11.7 Å². The van der Waals surface area contributed by atoms with Crippen LogP contribution in [-0.4, -0.2) is 28.2 Å². The van der Waals surface area contributed by atoms with E-state index in [9.17, 15) is 9.59 Å². The number of halogens is 1. The molecule has 1 aliphatic rings. The number of nitrogens with zero attached hydrogens (tertiary/aromatic N) is 2. The van der Waals surface area contributed by atoms with Gasteiger partial charge in [0.2, 0.25) is 11.8 Å². The second-order valence-electron chi connectivity index (χ2n) is 4.74. The first kappa shape index (κ1) is 13.3. The molecule has 2 aromatic heterocycles. The van der Waals surface area contributed by atoms with Gasteiger partial charge in [0, 0.05) is 24.7 Å². The number of primary amides is 1. The van der Waals surface area contributed by atoms with Crippen LogP contribution < -0.4 is 5.73 Å². The highest BCUT2D eigenvalue weighted by Gasteiger charge is 2.35. The van der Waals surface area contributed by atoms with Crippen LogP contribution in [0.2, 0.25) is 5.15 Å². The molecule has 1 fully saturated rings. The molecular weight excluding hydrogens is 298 g/mol. The molecule has 20 heavy (non-hydrogen) atoms. The maximum Gasteiger partial charge on any atom is 0.235 e. The number of amides is 2. The number of likely N-dealkylation sites (tertiary alicyclic amines) is 1. The van der Waals surface area contributed by atoms with Gasteiger partial charge >= 0.3 is 0 Å². The predicted molar refractivity (Wildman–Crippen MR) is 77.3 cm³/mol. The van der Waals surface area contributed by atoms with Gasteiger partial charge in [0.15, 0.2) is 0 Å². The lowest BCUT2D eigenvalue weighted by atomic mass is 10.1. The molecule has 0 aliphatic carbocycles. The van der Waals surface area contributed by atoms with Crippen LogP contribution in [0.4, 0.5) is 0 Å². The van der Waals surface area contributed by atoms with Gasteiger partial charge < -0.3 is 10.6 Å². The van der Waals surface area contributed by atoms with E-state index >= 15 is 0 Å². The first-order valence-corrected chi connectivity index (χ1v) is 7.42. The molecule has 2 amide bonds. The van der Waals surface area contributed by atoms with Gasteiger partial charge in [-0.05, 0) is 23.4 Å². The summed E-state index contributed by atoms with van der Waals surface area (Å²) in [7, 11) is 0. The lowest BCUT2D eigenvalue weighted by molar-refractivity contribution is -0.136. The van der Waals surface area contributed by atoms with E-state index in [1.807, 2.05) is 11.4 Å². The standard InChI is InChI=1S/C13H12ClN3O2S/c14-11-10-8(1-3-16-11)7(6-20-10)5-17-4-2-9(12(15)18)13(17)19/h1,3,6,9H,2,4-5H2,(H2,15,18). The third kappa shape index (κ3) is 2.14. The number of pyridine rings is 1. The molecule has 1 aliphatic heterocycles. The number of hydrogen-bond acceptors (Lipinski definition) is 4. The summed E-state index contributed by atoms with van der Waals surface area (Å²) in [6.07, 6.45) is 2.15. The topological polar surface area (TPSA) is 76.3 Å². The van der Waals surface area contributed by atoms with Crippen molar-refractivity contribution in [2.75, 3.05) is 6.54 Å². The van der Waals surface area contributed by atoms with Crippen molar-refractivity contribution < 1.29 is 9.59 Å². The summed E-state index contributed by atoms with van der Waals surface area (Å²) < 4.78 is 0.919. The number of rotatable bonds is 3. The Morgan fingerprint density at radius 2 is 2.40 bits per heavy atom. The first-order chi connectivity index (χ1) is 9.58. The van der Waals surface area contributed by atoms with E-state index in [4.69, 9.17) is 17.3 Å². The number of hydrogen-bond donors (Lipinski definition) is 1. The Labute approximate surface area is 124 Å². The first-order valence-electron chi connectivity index (χ1n) is 6.16. The summed E-state index contributed by atoms with van der Waals surface area (Å²) in [5, 5.41) is 3.45. The van der Waals surface area contributed by atoms with Gasteiger partial charge in [0.05, 0.1) is 4.70 Å². The van der Waals surface area contributed by atoms with Gasteiger partial charge in [-0.25, -0.2) is 4.98 Å². The number of carbonyl (C=O) groups is 2. The second-order valence-corrected chi connectivity index (χ2v) is 5.98. The minimum Gasteiger partial charge on any atom is -0.369 e. The maximum absolute atomic E-state index is 12.1. The number of fused-ring (bicyclic) bond motifs is 1. The summed E-state index contributed by atoms with van der Waals surface area (Å²) in [5.74, 6) is -1.40. The Bertz CT molecular complexity index is 700. The quantitative estimate of drug-likeness (QED) is 0.693. The molecule has 104 valence electrons. The van der Waals surface area contributed by atoms with Gasteiger partial charge in [-0.15, -0.1) is 11.3 Å². The second kappa shape index (κ2) is 5.03. The van der Waals surface area contributed by atoms with Crippen molar-refractivity contribution in [3.05, 3.63) is 28.4 Å². The van der Waals surface area contributed by atoms with E-state index in [2.05, 4.69) is 4.98 Å². The molecule has 0 saturated carbocycles. The summed E-state index contributed by atoms with van der Waals surface area (Å²) in [6.45, 7) is 1.03. The number of nitrogens with two attached hydrogens (primary N) is 1. The minimum absolute atomic E-state index is 0.183. The van der Waals surface area contributed by atoms with Crippen LogP contribution in [0.25, 0.3) is 10.1 Å². The monoisotopic (exact) mass is 309 g/mol. The van der Waals surface area contributed by atoms with Crippen molar-refractivity contribution in [3.63, 3.8) is 0 Å². The summed E-state index contributed by atoms with van der Waals surface area (Å²) in [5.41, 5.74) is 6.25. The minimum atomic E-state index is -0.676. The lowest BCUT2D eigenvalue weighted by Crippen LogP contribution is -2.33. The number of thiophene rings is 1. The van der Waals surface area contributed by atoms with Gasteiger partial charge in [0.1, 0.15) is 11.1 Å². The van der Waals surface area contributed by atoms with Crippen molar-refractivity contribution in [3.8, 4) is 0 Å². The lowest BCUT2D eigenvalue weighted by Gasteiger charge is -2.15. The van der Waals surface area contributed by atoms with Crippen molar-refractivity contribution >= 4 is 44.8 Å². The highest BCUT2D eigenvalue weighted by Crippen LogP contribution is 2.32. The maximum atomic E-state index is 12.1. The van der Waals surface area contributed by atoms with E-state index in [1.54, 1.807) is 11.1 Å². The Balaban J connectivity index is 1.86. The molecule has 3 rings (SSSR count). The van der Waals surface area contributed by atoms with Crippen molar-refractivity contribution in [1.82, 2.24) is 9.88 Å². The molecule has 0 radical (unpaired) electrons. The summed E-state index contributed by atoms with van der Waals surface area (Å²) >= 11 is 7.55. The molecule has 7 heteroatoms. The zero-order chi connectivity index (χ0) is 14.3. The highest BCUT2D eigenvalue weighted by molar-refractivity contribution is 7.18. The third-order valence-electron chi connectivity index (χ3n) is 3.53. The highest BCUT2D eigenvalue weighted by atomic mass is 35.5. The molecule has 1 atom stereocenters. The van der Waals surface area contributed by atoms with Crippen LogP contribution in [0, 0.1) is 5.92 Å². The normalized spacial score (nSPS) is 18.9. The zero-order valence-corrected chi connectivity index (χ0v) is 12.1. The molecular formula is C13H12ClN3O2S. The molecule has 1 saturated heterocycles. The van der Waals surface area contributed by atoms with Gasteiger partial charge in [-0.3, -0.25) is 9.59 Å². The van der Waals surface area contributed by atoms with Crippen LogP contribution in [0.3, 0.4) is 0 Å². The predicted octanol–water partition coefficient (Wildman–Crippen LogP) is 1.78. The molecule has 0 spiro atoms. The molecule has 5 nitrogen and oxygen atoms in total. The van der Waals surface area contributed by atoms with Crippen molar-refractivity contribution in [1.29, 1.82) is 0 Å². The Morgan fingerprint density at radius 1 is 1.60 bits per heavy atom. The van der Waals surface area contributed by atoms with E-state index in [0.29, 0.717) is 24.7 Å². The number of aromatic nitrogens is 1. The fourth-order valence-electron chi connectivity index (χ4n) is 2.47. The average molecular weight is 310 g/mol. The van der Waals surface area contributed by atoms with Crippen molar-refractivity contribution in [2.45, 2.75) is 13.0 Å². The van der Waals surface area contributed by atoms with Crippen LogP contribution in [-0.2, 0) is 16.1 Å². The number of carbonyl (C=O) groups excluding carboxylic acids is 2. The molecule has 3 heterocycles. The van der Waals surface area contributed by atoms with E-state index < -0.39 is 11.8 Å². The molecule has 0 bridgehead atoms. The third-order valence-corrected chi connectivity index (χ3v) is 4.98. The van der Waals surface area contributed by atoms with Gasteiger partial charge in [-0.1, -0.05) is 11.6 Å². The van der Waals surface area contributed by atoms with E-state index in [-0.39, 0.29) is 5.91 Å². The summed E-state index contributed by atoms with van der Waals surface area (Å²) in [6, 6.07) is 1.89. The fraction of sp³-hybridized carbons (Fsp3) is 0.308.